The van der Waals surface area contributed by atoms with Crippen molar-refractivity contribution in [3.05, 3.63) is 0 Å². The molecule has 0 fully saturated rings. The van der Waals surface area contributed by atoms with Crippen molar-refractivity contribution in [1.29, 1.82) is 0 Å². The fourth-order valence-electron chi connectivity index (χ4n) is 0.729. The predicted molar refractivity (Wildman–Crippen MR) is 42.6 cm³/mol. The lowest BCUT2D eigenvalue weighted by molar-refractivity contribution is 0.324. The lowest BCUT2D eigenvalue weighted by atomic mass is 9.88. The number of rotatable bonds is 3. The minimum Gasteiger partial charge on any atom is -0.307 e. The van der Waals surface area contributed by atoms with Gasteiger partial charge in [0.05, 0.1) is 6.04 Å². The van der Waals surface area contributed by atoms with E-state index in [1.165, 1.54) is 0 Å². The summed E-state index contributed by atoms with van der Waals surface area (Å²) >= 11 is 0. The van der Waals surface area contributed by atoms with Gasteiger partial charge in [-0.3, -0.25) is 4.79 Å². The van der Waals surface area contributed by atoms with E-state index in [1.54, 1.807) is 0 Å². The Kier molecular flexibility index (Phi) is 3.58. The molecule has 1 radical (unpaired) electrons. The summed E-state index contributed by atoms with van der Waals surface area (Å²) in [4.78, 5) is 10.4. The number of nitrogens with one attached hydrogen (secondary N) is 1. The van der Waals surface area contributed by atoms with Crippen molar-refractivity contribution in [1.82, 2.24) is 5.32 Å². The monoisotopic (exact) mass is 142 g/mol. The third kappa shape index (κ3) is 2.97. The maximum Gasteiger partial charge on any atom is 0.217 e. The smallest absolute Gasteiger partial charge is 0.217 e. The molecule has 0 aromatic rings. The number of likely N-dealkylation sites (N-methyl/N-ethyl adjacent to an activating group) is 1. The van der Waals surface area contributed by atoms with Crippen LogP contribution in [0.2, 0.25) is 0 Å². The van der Waals surface area contributed by atoms with E-state index in [-0.39, 0.29) is 11.5 Å². The molecular formula is C8H16NO. The molecule has 0 aliphatic heterocycles. The first kappa shape index (κ1) is 9.63. The molecule has 10 heavy (non-hydrogen) atoms. The molecule has 1 N–H and O–H groups in total. The second kappa shape index (κ2) is 3.71. The van der Waals surface area contributed by atoms with Crippen molar-refractivity contribution in [2.45, 2.75) is 33.7 Å². The lowest BCUT2D eigenvalue weighted by Crippen LogP contribution is -2.41. The number of hydrogen-bond donors (Lipinski definition) is 1. The zero-order valence-corrected chi connectivity index (χ0v) is 7.19. The highest BCUT2D eigenvalue weighted by atomic mass is 16.1. The average Bonchev–Trinajstić information content (AvgIpc) is 1.80. The highest BCUT2D eigenvalue weighted by molar-refractivity contribution is 5.59. The van der Waals surface area contributed by atoms with Crippen LogP contribution >= 0.6 is 0 Å². The van der Waals surface area contributed by atoms with E-state index < -0.39 is 0 Å². The predicted octanol–water partition coefficient (Wildman–Crippen LogP) is 1.12. The van der Waals surface area contributed by atoms with E-state index in [4.69, 9.17) is 0 Å². The number of hydrogen-bond acceptors (Lipinski definition) is 2. The van der Waals surface area contributed by atoms with Crippen molar-refractivity contribution in [2.24, 2.45) is 5.41 Å². The van der Waals surface area contributed by atoms with Gasteiger partial charge in [0.15, 0.2) is 0 Å². The van der Waals surface area contributed by atoms with Crippen molar-refractivity contribution in [3.63, 3.8) is 0 Å². The SMILES string of the molecule is CCN[C@H]([C]=O)C(C)(C)C. The molecule has 0 amide bonds. The van der Waals surface area contributed by atoms with Crippen molar-refractivity contribution < 1.29 is 4.79 Å². The maximum atomic E-state index is 10.4. The van der Waals surface area contributed by atoms with E-state index in [2.05, 4.69) is 5.32 Å². The first-order valence-corrected chi connectivity index (χ1v) is 3.63. The van der Waals surface area contributed by atoms with Crippen LogP contribution in [0, 0.1) is 5.41 Å². The molecule has 0 rings (SSSR count). The van der Waals surface area contributed by atoms with E-state index in [0.29, 0.717) is 0 Å². The Hall–Kier alpha value is -0.370. The van der Waals surface area contributed by atoms with Crippen LogP contribution < -0.4 is 5.32 Å². The molecule has 0 aliphatic carbocycles. The van der Waals surface area contributed by atoms with E-state index in [9.17, 15) is 4.79 Å². The van der Waals surface area contributed by atoms with Crippen LogP contribution in [-0.4, -0.2) is 18.9 Å². The summed E-state index contributed by atoms with van der Waals surface area (Å²) in [7, 11) is 0. The standard InChI is InChI=1S/C8H16NO/c1-5-9-7(6-10)8(2,3)4/h7,9H,5H2,1-4H3/t7-/m1/s1. The Morgan fingerprint density at radius 3 is 2.10 bits per heavy atom. The quantitative estimate of drug-likeness (QED) is 0.639. The van der Waals surface area contributed by atoms with Crippen LogP contribution in [0.5, 0.6) is 0 Å². The second-order valence-corrected chi connectivity index (χ2v) is 3.47. The molecule has 0 spiro atoms. The lowest BCUT2D eigenvalue weighted by Gasteiger charge is -2.25. The Bertz CT molecular complexity index is 104. The van der Waals surface area contributed by atoms with E-state index in [1.807, 2.05) is 34.0 Å². The highest BCUT2D eigenvalue weighted by Gasteiger charge is 2.23. The van der Waals surface area contributed by atoms with Crippen molar-refractivity contribution >= 4 is 6.29 Å². The van der Waals surface area contributed by atoms with Gasteiger partial charge in [0.2, 0.25) is 6.29 Å². The van der Waals surface area contributed by atoms with Gasteiger partial charge in [-0.1, -0.05) is 27.7 Å². The molecule has 0 aromatic heterocycles. The third-order valence-electron chi connectivity index (χ3n) is 1.39. The summed E-state index contributed by atoms with van der Waals surface area (Å²) in [6.45, 7) is 8.86. The molecule has 0 heterocycles. The average molecular weight is 142 g/mol. The largest absolute Gasteiger partial charge is 0.307 e. The first-order valence-electron chi connectivity index (χ1n) is 3.63. The van der Waals surface area contributed by atoms with Crippen LogP contribution in [0.25, 0.3) is 0 Å². The van der Waals surface area contributed by atoms with E-state index in [0.717, 1.165) is 6.54 Å². The maximum absolute atomic E-state index is 10.4. The molecule has 2 heteroatoms. The van der Waals surface area contributed by atoms with Gasteiger partial charge >= 0.3 is 0 Å². The summed E-state index contributed by atoms with van der Waals surface area (Å²) in [5, 5.41) is 3.05. The Morgan fingerprint density at radius 1 is 1.50 bits per heavy atom. The molecule has 1 atom stereocenters. The van der Waals surface area contributed by atoms with Crippen LogP contribution in [0.4, 0.5) is 0 Å². The fourth-order valence-corrected chi connectivity index (χ4v) is 0.729. The molecule has 0 saturated heterocycles. The Morgan fingerprint density at radius 2 is 2.00 bits per heavy atom. The molecule has 59 valence electrons. The summed E-state index contributed by atoms with van der Waals surface area (Å²) in [6, 6.07) is -0.141. The summed E-state index contributed by atoms with van der Waals surface area (Å²) in [5.41, 5.74) is -0.0161. The third-order valence-corrected chi connectivity index (χ3v) is 1.39. The Balaban J connectivity index is 3.93. The van der Waals surface area contributed by atoms with Gasteiger partial charge in [-0.25, -0.2) is 0 Å². The van der Waals surface area contributed by atoms with Gasteiger partial charge in [0, 0.05) is 0 Å². The molecule has 0 bridgehead atoms. The van der Waals surface area contributed by atoms with Gasteiger partial charge in [-0.15, -0.1) is 0 Å². The van der Waals surface area contributed by atoms with Gasteiger partial charge in [-0.2, -0.15) is 0 Å². The first-order chi connectivity index (χ1) is 4.52. The van der Waals surface area contributed by atoms with Crippen molar-refractivity contribution in [3.8, 4) is 0 Å². The topological polar surface area (TPSA) is 29.1 Å². The number of carbonyl (C=O) groups excluding carboxylic acids is 1. The second-order valence-electron chi connectivity index (χ2n) is 3.47. The summed E-state index contributed by atoms with van der Waals surface area (Å²) in [5.74, 6) is 0. The minimum atomic E-state index is -0.141. The van der Waals surface area contributed by atoms with Crippen LogP contribution in [-0.2, 0) is 4.79 Å². The zero-order valence-electron chi connectivity index (χ0n) is 7.19. The summed E-state index contributed by atoms with van der Waals surface area (Å²) < 4.78 is 0. The molecule has 0 unspecified atom stereocenters. The van der Waals surface area contributed by atoms with Gasteiger partial charge < -0.3 is 5.32 Å². The van der Waals surface area contributed by atoms with Crippen molar-refractivity contribution in [2.75, 3.05) is 6.54 Å². The molecule has 2 nitrogen and oxygen atoms in total. The Labute approximate surface area is 63.0 Å². The molecule has 0 saturated carbocycles. The van der Waals surface area contributed by atoms with Crippen LogP contribution in [0.15, 0.2) is 0 Å². The van der Waals surface area contributed by atoms with E-state index >= 15 is 0 Å². The van der Waals surface area contributed by atoms with Crippen LogP contribution in [0.1, 0.15) is 27.7 Å². The minimum absolute atomic E-state index is 0.0161. The molecule has 0 aliphatic rings. The zero-order chi connectivity index (χ0) is 8.20. The molecule has 0 aromatic carbocycles. The van der Waals surface area contributed by atoms with Gasteiger partial charge in [-0.05, 0) is 12.0 Å². The molecular weight excluding hydrogens is 126 g/mol. The van der Waals surface area contributed by atoms with Gasteiger partial charge in [0.25, 0.3) is 0 Å². The normalized spacial score (nSPS) is 14.8. The summed E-state index contributed by atoms with van der Waals surface area (Å²) in [6.07, 6.45) is 1.98. The fraction of sp³-hybridized carbons (Fsp3) is 0.875. The van der Waals surface area contributed by atoms with Crippen LogP contribution in [0.3, 0.4) is 0 Å². The van der Waals surface area contributed by atoms with Gasteiger partial charge in [0.1, 0.15) is 0 Å². The highest BCUT2D eigenvalue weighted by Crippen LogP contribution is 2.16.